The highest BCUT2D eigenvalue weighted by Gasteiger charge is 2.21. The van der Waals surface area contributed by atoms with Crippen LogP contribution in [0.1, 0.15) is 32.6 Å². The van der Waals surface area contributed by atoms with Gasteiger partial charge in [0, 0.05) is 13.2 Å². The molecule has 2 aliphatic rings. The molecule has 1 unspecified atom stereocenters. The van der Waals surface area contributed by atoms with Crippen LogP contribution in [0.5, 0.6) is 0 Å². The van der Waals surface area contributed by atoms with E-state index in [1.165, 1.54) is 12.8 Å². The van der Waals surface area contributed by atoms with Crippen molar-refractivity contribution in [3.05, 3.63) is 0 Å². The van der Waals surface area contributed by atoms with E-state index in [1.54, 1.807) is 0 Å². The van der Waals surface area contributed by atoms with E-state index in [2.05, 4.69) is 22.5 Å². The first-order valence-electron chi connectivity index (χ1n) is 8.09. The van der Waals surface area contributed by atoms with Gasteiger partial charge in [-0.25, -0.2) is 0 Å². The number of nitrogens with one attached hydrogen (secondary N) is 2. The quantitative estimate of drug-likeness (QED) is 0.718. The molecule has 5 nitrogen and oxygen atoms in total. The molecule has 20 heavy (non-hydrogen) atoms. The Morgan fingerprint density at radius 3 is 2.70 bits per heavy atom. The van der Waals surface area contributed by atoms with Gasteiger partial charge in [0.15, 0.2) is 0 Å². The Kier molecular flexibility index (Phi) is 6.76. The fourth-order valence-corrected chi connectivity index (χ4v) is 2.99. The van der Waals surface area contributed by atoms with Crippen LogP contribution < -0.4 is 10.6 Å². The number of likely N-dealkylation sites (tertiary alicyclic amines) is 1. The van der Waals surface area contributed by atoms with Gasteiger partial charge in [-0.05, 0) is 57.8 Å². The Labute approximate surface area is 122 Å². The molecule has 0 aromatic carbocycles. The maximum atomic E-state index is 11.9. The lowest BCUT2D eigenvalue weighted by atomic mass is 9.97. The number of amides is 1. The lowest BCUT2D eigenvalue weighted by Gasteiger charge is -2.31. The molecule has 0 aromatic heterocycles. The Morgan fingerprint density at radius 2 is 2.05 bits per heavy atom. The zero-order valence-corrected chi connectivity index (χ0v) is 12.7. The number of piperidine rings is 1. The van der Waals surface area contributed by atoms with Crippen LogP contribution in [0.4, 0.5) is 0 Å². The largest absolute Gasteiger partial charge is 0.376 e. The SMILES string of the molecule is CCNCC1CCN(CC(=O)NCC2CCCO2)CC1. The van der Waals surface area contributed by atoms with Crippen molar-refractivity contribution < 1.29 is 9.53 Å². The third kappa shape index (κ3) is 5.38. The molecule has 5 heteroatoms. The molecule has 0 spiro atoms. The topological polar surface area (TPSA) is 53.6 Å². The van der Waals surface area contributed by atoms with Crippen molar-refractivity contribution in [3.63, 3.8) is 0 Å². The average Bonchev–Trinajstić information content (AvgIpc) is 2.98. The first-order chi connectivity index (χ1) is 9.78. The number of hydrogen-bond acceptors (Lipinski definition) is 4. The van der Waals surface area contributed by atoms with E-state index in [0.29, 0.717) is 13.1 Å². The minimum Gasteiger partial charge on any atom is -0.376 e. The highest BCUT2D eigenvalue weighted by atomic mass is 16.5. The summed E-state index contributed by atoms with van der Waals surface area (Å²) in [6, 6.07) is 0. The molecule has 2 fully saturated rings. The molecule has 0 radical (unpaired) electrons. The second kappa shape index (κ2) is 8.60. The second-order valence-corrected chi connectivity index (χ2v) is 5.97. The first kappa shape index (κ1) is 15.7. The van der Waals surface area contributed by atoms with Gasteiger partial charge in [-0.2, -0.15) is 0 Å². The summed E-state index contributed by atoms with van der Waals surface area (Å²) in [5.41, 5.74) is 0. The Morgan fingerprint density at radius 1 is 1.25 bits per heavy atom. The molecule has 2 saturated heterocycles. The monoisotopic (exact) mass is 283 g/mol. The molecule has 1 amide bonds. The van der Waals surface area contributed by atoms with Gasteiger partial charge in [-0.15, -0.1) is 0 Å². The summed E-state index contributed by atoms with van der Waals surface area (Å²) in [6.07, 6.45) is 4.85. The van der Waals surface area contributed by atoms with E-state index in [4.69, 9.17) is 4.74 Å². The van der Waals surface area contributed by atoms with Crippen LogP contribution in [-0.2, 0) is 9.53 Å². The van der Waals surface area contributed by atoms with Crippen LogP contribution >= 0.6 is 0 Å². The van der Waals surface area contributed by atoms with Gasteiger partial charge in [0.2, 0.25) is 5.91 Å². The van der Waals surface area contributed by atoms with Gasteiger partial charge in [0.25, 0.3) is 0 Å². The zero-order valence-electron chi connectivity index (χ0n) is 12.7. The van der Waals surface area contributed by atoms with Crippen molar-refractivity contribution >= 4 is 5.91 Å². The van der Waals surface area contributed by atoms with Crippen LogP contribution in [0.2, 0.25) is 0 Å². The summed E-state index contributed by atoms with van der Waals surface area (Å²) >= 11 is 0. The van der Waals surface area contributed by atoms with E-state index in [0.717, 1.165) is 51.5 Å². The summed E-state index contributed by atoms with van der Waals surface area (Å²) in [5.74, 6) is 0.923. The van der Waals surface area contributed by atoms with Gasteiger partial charge in [0.05, 0.1) is 12.6 Å². The molecular formula is C15H29N3O2. The van der Waals surface area contributed by atoms with E-state index < -0.39 is 0 Å². The van der Waals surface area contributed by atoms with Crippen LogP contribution in [-0.4, -0.2) is 62.8 Å². The van der Waals surface area contributed by atoms with E-state index in [9.17, 15) is 4.79 Å². The third-order valence-corrected chi connectivity index (χ3v) is 4.31. The summed E-state index contributed by atoms with van der Waals surface area (Å²) in [5, 5.41) is 6.41. The van der Waals surface area contributed by atoms with Crippen molar-refractivity contribution in [3.8, 4) is 0 Å². The zero-order chi connectivity index (χ0) is 14.2. The van der Waals surface area contributed by atoms with Crippen LogP contribution in [0.25, 0.3) is 0 Å². The number of hydrogen-bond donors (Lipinski definition) is 2. The number of ether oxygens (including phenoxy) is 1. The van der Waals surface area contributed by atoms with Gasteiger partial charge in [-0.3, -0.25) is 9.69 Å². The van der Waals surface area contributed by atoms with Crippen molar-refractivity contribution in [2.24, 2.45) is 5.92 Å². The minimum absolute atomic E-state index is 0.144. The molecule has 2 heterocycles. The fraction of sp³-hybridized carbons (Fsp3) is 0.933. The molecule has 0 aromatic rings. The van der Waals surface area contributed by atoms with Crippen molar-refractivity contribution in [2.45, 2.75) is 38.7 Å². The number of nitrogens with zero attached hydrogens (tertiary/aromatic N) is 1. The summed E-state index contributed by atoms with van der Waals surface area (Å²) in [4.78, 5) is 14.2. The van der Waals surface area contributed by atoms with Gasteiger partial charge in [0.1, 0.15) is 0 Å². The summed E-state index contributed by atoms with van der Waals surface area (Å²) < 4.78 is 5.51. The van der Waals surface area contributed by atoms with E-state index in [-0.39, 0.29) is 12.0 Å². The highest BCUT2D eigenvalue weighted by Crippen LogP contribution is 2.16. The number of carbonyl (C=O) groups excluding carboxylic acids is 1. The molecule has 0 saturated carbocycles. The van der Waals surface area contributed by atoms with Crippen LogP contribution in [0.3, 0.4) is 0 Å². The molecule has 0 aliphatic carbocycles. The third-order valence-electron chi connectivity index (χ3n) is 4.31. The second-order valence-electron chi connectivity index (χ2n) is 5.97. The normalized spacial score (nSPS) is 24.9. The minimum atomic E-state index is 0.144. The predicted molar refractivity (Wildman–Crippen MR) is 79.7 cm³/mol. The van der Waals surface area contributed by atoms with E-state index in [1.807, 2.05) is 0 Å². The molecule has 2 N–H and O–H groups in total. The first-order valence-corrected chi connectivity index (χ1v) is 8.09. The standard InChI is InChI=1S/C15H29N3O2/c1-2-16-10-13-5-7-18(8-6-13)12-15(19)17-11-14-4-3-9-20-14/h13-14,16H,2-12H2,1H3,(H,17,19). The molecule has 116 valence electrons. The number of carbonyl (C=O) groups is 1. The summed E-state index contributed by atoms with van der Waals surface area (Å²) in [6.45, 7) is 8.47. The molecule has 1 atom stereocenters. The Balaban J connectivity index is 1.56. The smallest absolute Gasteiger partial charge is 0.234 e. The van der Waals surface area contributed by atoms with E-state index >= 15 is 0 Å². The molecule has 2 aliphatic heterocycles. The average molecular weight is 283 g/mol. The van der Waals surface area contributed by atoms with Crippen molar-refractivity contribution in [1.82, 2.24) is 15.5 Å². The van der Waals surface area contributed by atoms with Crippen LogP contribution in [0.15, 0.2) is 0 Å². The Hall–Kier alpha value is -0.650. The lowest BCUT2D eigenvalue weighted by Crippen LogP contribution is -2.44. The van der Waals surface area contributed by atoms with Gasteiger partial charge in [-0.1, -0.05) is 6.92 Å². The maximum Gasteiger partial charge on any atom is 0.234 e. The van der Waals surface area contributed by atoms with Gasteiger partial charge < -0.3 is 15.4 Å². The lowest BCUT2D eigenvalue weighted by molar-refractivity contribution is -0.123. The number of rotatable bonds is 7. The predicted octanol–water partition coefficient (Wildman–Crippen LogP) is 0.603. The fourth-order valence-electron chi connectivity index (χ4n) is 2.99. The maximum absolute atomic E-state index is 11.9. The molecule has 0 bridgehead atoms. The molecular weight excluding hydrogens is 254 g/mol. The Bertz CT molecular complexity index is 285. The van der Waals surface area contributed by atoms with Crippen molar-refractivity contribution in [2.75, 3.05) is 45.9 Å². The molecule has 2 rings (SSSR count). The highest BCUT2D eigenvalue weighted by molar-refractivity contribution is 5.78. The summed E-state index contributed by atoms with van der Waals surface area (Å²) in [7, 11) is 0. The van der Waals surface area contributed by atoms with Crippen LogP contribution in [0, 0.1) is 5.92 Å². The van der Waals surface area contributed by atoms with Gasteiger partial charge >= 0.3 is 0 Å². The van der Waals surface area contributed by atoms with Crippen molar-refractivity contribution in [1.29, 1.82) is 0 Å².